The third-order valence-corrected chi connectivity index (χ3v) is 4.20. The number of H-pyrrole nitrogens is 1. The minimum absolute atomic E-state index is 0.0312. The Labute approximate surface area is 138 Å². The van der Waals surface area contributed by atoms with Crippen LogP contribution in [0, 0.1) is 0 Å². The number of likely N-dealkylation sites (tertiary alicyclic amines) is 1. The third kappa shape index (κ3) is 2.64. The summed E-state index contributed by atoms with van der Waals surface area (Å²) in [6.07, 6.45) is 10.3. The maximum Gasteiger partial charge on any atom is 0.272 e. The number of aromatic nitrogens is 5. The highest BCUT2D eigenvalue weighted by Crippen LogP contribution is 2.31. The molecule has 1 aliphatic heterocycles. The van der Waals surface area contributed by atoms with E-state index >= 15 is 0 Å². The molecule has 7 nitrogen and oxygen atoms in total. The second-order valence-electron chi connectivity index (χ2n) is 5.70. The van der Waals surface area contributed by atoms with Crippen molar-refractivity contribution in [3.63, 3.8) is 0 Å². The number of hydrogen-bond acceptors (Lipinski definition) is 5. The lowest BCUT2D eigenvalue weighted by Crippen LogP contribution is -2.31. The Bertz CT molecular complexity index is 833. The van der Waals surface area contributed by atoms with Crippen LogP contribution in [0.2, 0.25) is 0 Å². The van der Waals surface area contributed by atoms with E-state index in [9.17, 15) is 4.79 Å². The number of nitrogens with one attached hydrogen (secondary N) is 1. The number of rotatable bonds is 3. The van der Waals surface area contributed by atoms with Gasteiger partial charge in [-0.1, -0.05) is 0 Å². The topological polar surface area (TPSA) is 87.7 Å². The molecular formula is C17H16N6O. The SMILES string of the molecule is O=C(c1cc(-c2cccnc2)n[nH]1)N1CCCC1c1cnccn1. The van der Waals surface area contributed by atoms with Crippen molar-refractivity contribution in [3.8, 4) is 11.3 Å². The molecule has 0 bridgehead atoms. The highest BCUT2D eigenvalue weighted by Gasteiger charge is 2.32. The molecule has 1 fully saturated rings. The molecule has 4 heterocycles. The van der Waals surface area contributed by atoms with Gasteiger partial charge in [-0.25, -0.2) is 0 Å². The Kier molecular flexibility index (Phi) is 3.74. The first kappa shape index (κ1) is 14.5. The van der Waals surface area contributed by atoms with Crippen LogP contribution in [0.15, 0.2) is 49.2 Å². The van der Waals surface area contributed by atoms with Crippen LogP contribution in [-0.4, -0.2) is 42.5 Å². The van der Waals surface area contributed by atoms with Gasteiger partial charge in [0, 0.05) is 36.9 Å². The summed E-state index contributed by atoms with van der Waals surface area (Å²) in [6.45, 7) is 0.710. The summed E-state index contributed by atoms with van der Waals surface area (Å²) in [4.78, 5) is 27.2. The van der Waals surface area contributed by atoms with Crippen molar-refractivity contribution in [1.29, 1.82) is 0 Å². The highest BCUT2D eigenvalue weighted by atomic mass is 16.2. The molecule has 0 radical (unpaired) electrons. The number of amides is 1. The van der Waals surface area contributed by atoms with Crippen molar-refractivity contribution in [2.75, 3.05) is 6.54 Å². The minimum atomic E-state index is -0.0641. The molecular weight excluding hydrogens is 304 g/mol. The molecule has 120 valence electrons. The Morgan fingerprint density at radius 1 is 1.21 bits per heavy atom. The van der Waals surface area contributed by atoms with E-state index in [1.165, 1.54) is 0 Å². The van der Waals surface area contributed by atoms with Crippen molar-refractivity contribution >= 4 is 5.91 Å². The van der Waals surface area contributed by atoms with Gasteiger partial charge in [0.1, 0.15) is 5.69 Å². The Hall–Kier alpha value is -3.09. The number of pyridine rings is 1. The smallest absolute Gasteiger partial charge is 0.272 e. The van der Waals surface area contributed by atoms with Crippen LogP contribution in [0.3, 0.4) is 0 Å². The van der Waals surface area contributed by atoms with Crippen molar-refractivity contribution < 1.29 is 4.79 Å². The van der Waals surface area contributed by atoms with Crippen LogP contribution in [0.25, 0.3) is 11.3 Å². The Morgan fingerprint density at radius 2 is 2.12 bits per heavy atom. The molecule has 1 aliphatic rings. The summed E-state index contributed by atoms with van der Waals surface area (Å²) in [7, 11) is 0. The second kappa shape index (κ2) is 6.19. The van der Waals surface area contributed by atoms with Gasteiger partial charge in [-0.3, -0.25) is 24.8 Å². The van der Waals surface area contributed by atoms with Gasteiger partial charge >= 0.3 is 0 Å². The molecule has 7 heteroatoms. The van der Waals surface area contributed by atoms with Crippen molar-refractivity contribution in [3.05, 3.63) is 60.6 Å². The van der Waals surface area contributed by atoms with Gasteiger partial charge in [0.25, 0.3) is 5.91 Å². The maximum atomic E-state index is 12.9. The van der Waals surface area contributed by atoms with Gasteiger partial charge in [0.05, 0.1) is 23.6 Å². The molecule has 1 saturated heterocycles. The fourth-order valence-corrected chi connectivity index (χ4v) is 3.05. The molecule has 0 aliphatic carbocycles. The standard InChI is InChI=1S/C17H16N6O/c24-17(14-9-13(21-22-14)12-3-1-5-18-10-12)23-8-2-4-16(23)15-11-19-6-7-20-15/h1,3,5-7,9-11,16H,2,4,8H2,(H,21,22). The molecule has 1 atom stereocenters. The van der Waals surface area contributed by atoms with Gasteiger partial charge in [0.2, 0.25) is 0 Å². The van der Waals surface area contributed by atoms with Crippen molar-refractivity contribution in [2.45, 2.75) is 18.9 Å². The first-order valence-electron chi connectivity index (χ1n) is 7.85. The average molecular weight is 320 g/mol. The molecule has 1 amide bonds. The summed E-state index contributed by atoms with van der Waals surface area (Å²) in [5.41, 5.74) is 2.89. The van der Waals surface area contributed by atoms with Gasteiger partial charge in [-0.15, -0.1) is 0 Å². The zero-order chi connectivity index (χ0) is 16.4. The molecule has 1 unspecified atom stereocenters. The number of hydrogen-bond donors (Lipinski definition) is 1. The number of nitrogens with zero attached hydrogens (tertiary/aromatic N) is 5. The normalized spacial score (nSPS) is 17.2. The Morgan fingerprint density at radius 3 is 2.92 bits per heavy atom. The predicted molar refractivity (Wildman–Crippen MR) is 86.9 cm³/mol. The lowest BCUT2D eigenvalue weighted by molar-refractivity contribution is 0.0726. The average Bonchev–Trinajstić information content (AvgIpc) is 3.32. The highest BCUT2D eigenvalue weighted by molar-refractivity contribution is 5.93. The maximum absolute atomic E-state index is 12.9. The predicted octanol–water partition coefficient (Wildman–Crippen LogP) is 2.24. The lowest BCUT2D eigenvalue weighted by atomic mass is 10.1. The van der Waals surface area contributed by atoms with Crippen molar-refractivity contribution in [1.82, 2.24) is 30.0 Å². The number of carbonyl (C=O) groups is 1. The first-order valence-corrected chi connectivity index (χ1v) is 7.85. The molecule has 3 aromatic rings. The van der Waals surface area contributed by atoms with Gasteiger partial charge < -0.3 is 4.90 Å². The number of carbonyl (C=O) groups excluding carboxylic acids is 1. The van der Waals surface area contributed by atoms with Crippen LogP contribution in [0.1, 0.15) is 35.1 Å². The Balaban J connectivity index is 1.58. The molecule has 4 rings (SSSR count). The van der Waals surface area contributed by atoms with Crippen LogP contribution < -0.4 is 0 Å². The summed E-state index contributed by atoms with van der Waals surface area (Å²) in [5.74, 6) is -0.0641. The molecule has 3 aromatic heterocycles. The lowest BCUT2D eigenvalue weighted by Gasteiger charge is -2.23. The van der Waals surface area contributed by atoms with E-state index in [4.69, 9.17) is 0 Å². The first-order chi connectivity index (χ1) is 11.8. The fourth-order valence-electron chi connectivity index (χ4n) is 3.05. The van der Waals surface area contributed by atoms with E-state index in [0.717, 1.165) is 24.1 Å². The summed E-state index contributed by atoms with van der Waals surface area (Å²) in [6, 6.07) is 5.49. The molecule has 0 spiro atoms. The third-order valence-electron chi connectivity index (χ3n) is 4.20. The summed E-state index contributed by atoms with van der Waals surface area (Å²) >= 11 is 0. The quantitative estimate of drug-likeness (QED) is 0.799. The van der Waals surface area contributed by atoms with E-state index in [1.807, 2.05) is 17.0 Å². The summed E-state index contributed by atoms with van der Waals surface area (Å²) in [5, 5.41) is 7.08. The zero-order valence-corrected chi connectivity index (χ0v) is 13.0. The van der Waals surface area contributed by atoms with Crippen LogP contribution in [-0.2, 0) is 0 Å². The van der Waals surface area contributed by atoms with Gasteiger partial charge in [-0.05, 0) is 31.0 Å². The largest absolute Gasteiger partial charge is 0.329 e. The van der Waals surface area contributed by atoms with E-state index in [2.05, 4.69) is 25.1 Å². The van der Waals surface area contributed by atoms with Crippen LogP contribution in [0.4, 0.5) is 0 Å². The van der Waals surface area contributed by atoms with Crippen LogP contribution >= 0.6 is 0 Å². The summed E-state index contributed by atoms with van der Waals surface area (Å²) < 4.78 is 0. The van der Waals surface area contributed by atoms with Crippen LogP contribution in [0.5, 0.6) is 0 Å². The molecule has 0 saturated carbocycles. The van der Waals surface area contributed by atoms with Gasteiger partial charge in [0.15, 0.2) is 0 Å². The number of aromatic amines is 1. The zero-order valence-electron chi connectivity index (χ0n) is 13.0. The van der Waals surface area contributed by atoms with Gasteiger partial charge in [-0.2, -0.15) is 5.10 Å². The molecule has 1 N–H and O–H groups in total. The molecule has 0 aromatic carbocycles. The van der Waals surface area contributed by atoms with E-state index in [1.54, 1.807) is 37.1 Å². The van der Waals surface area contributed by atoms with E-state index in [0.29, 0.717) is 17.9 Å². The minimum Gasteiger partial charge on any atom is -0.329 e. The second-order valence-corrected chi connectivity index (χ2v) is 5.70. The molecule has 24 heavy (non-hydrogen) atoms. The van der Waals surface area contributed by atoms with E-state index < -0.39 is 0 Å². The monoisotopic (exact) mass is 320 g/mol. The fraction of sp³-hybridized carbons (Fsp3) is 0.235. The van der Waals surface area contributed by atoms with Crippen molar-refractivity contribution in [2.24, 2.45) is 0 Å². The van der Waals surface area contributed by atoms with E-state index in [-0.39, 0.29) is 11.9 Å².